The molecule has 3 rings (SSSR count). The lowest BCUT2D eigenvalue weighted by molar-refractivity contribution is 0.502. The quantitative estimate of drug-likeness (QED) is 0.685. The molecule has 0 aromatic carbocycles. The highest BCUT2D eigenvalue weighted by Gasteiger charge is 2.39. The molecule has 1 aromatic heterocycles. The number of pyridine rings is 1. The molecule has 1 aromatic rings. The summed E-state index contributed by atoms with van der Waals surface area (Å²) in [6.45, 7) is 0. The fourth-order valence-corrected chi connectivity index (χ4v) is 2.80. The van der Waals surface area contributed by atoms with Gasteiger partial charge in [0.05, 0.1) is 0 Å². The number of fused-ring (bicyclic) bond motifs is 2. The minimum atomic E-state index is -0.384. The summed E-state index contributed by atoms with van der Waals surface area (Å²) in [6.07, 6.45) is 5.43. The van der Waals surface area contributed by atoms with E-state index in [1.807, 2.05) is 6.07 Å². The van der Waals surface area contributed by atoms with Crippen LogP contribution < -0.4 is 5.32 Å². The van der Waals surface area contributed by atoms with Crippen LogP contribution in [0.1, 0.15) is 30.7 Å². The smallest absolute Gasteiger partial charge is 0.212 e. The minimum Gasteiger partial charge on any atom is -0.311 e. The van der Waals surface area contributed by atoms with Crippen LogP contribution in [0, 0.1) is 5.95 Å². The van der Waals surface area contributed by atoms with E-state index in [1.165, 1.54) is 30.9 Å². The SMILES string of the molecule is [18F]c1ccc([C@H]2C[C@@H]3CC[C@H]2N3)cn1. The van der Waals surface area contributed by atoms with Gasteiger partial charge in [-0.15, -0.1) is 0 Å². The van der Waals surface area contributed by atoms with Crippen LogP contribution >= 0.6 is 0 Å². The second kappa shape index (κ2) is 3.02. The Morgan fingerprint density at radius 1 is 1.36 bits per heavy atom. The van der Waals surface area contributed by atoms with Crippen LogP contribution in [0.3, 0.4) is 0 Å². The van der Waals surface area contributed by atoms with Crippen LogP contribution in [-0.4, -0.2) is 17.1 Å². The summed E-state index contributed by atoms with van der Waals surface area (Å²) in [5, 5.41) is 3.57. The highest BCUT2D eigenvalue weighted by atomic mass is 18.2. The van der Waals surface area contributed by atoms with Crippen LogP contribution in [-0.2, 0) is 0 Å². The van der Waals surface area contributed by atoms with E-state index in [2.05, 4.69) is 10.3 Å². The Labute approximate surface area is 82.5 Å². The lowest BCUT2D eigenvalue weighted by Gasteiger charge is -2.19. The van der Waals surface area contributed by atoms with Crippen molar-refractivity contribution in [3.05, 3.63) is 29.8 Å². The van der Waals surface area contributed by atoms with E-state index in [1.54, 1.807) is 6.20 Å². The molecular weight excluding hydrogens is 178 g/mol. The van der Waals surface area contributed by atoms with Gasteiger partial charge in [-0.3, -0.25) is 0 Å². The van der Waals surface area contributed by atoms with Gasteiger partial charge in [-0.1, -0.05) is 6.07 Å². The highest BCUT2D eigenvalue weighted by molar-refractivity contribution is 5.22. The van der Waals surface area contributed by atoms with E-state index >= 15 is 0 Å². The van der Waals surface area contributed by atoms with E-state index in [4.69, 9.17) is 0 Å². The number of rotatable bonds is 1. The maximum absolute atomic E-state index is 12.6. The summed E-state index contributed by atoms with van der Waals surface area (Å²) in [6, 6.07) is 4.62. The van der Waals surface area contributed by atoms with Crippen LogP contribution in [0.4, 0.5) is 4.39 Å². The summed E-state index contributed by atoms with van der Waals surface area (Å²) in [5.74, 6) is 0.173. The standard InChI is InChI=1S/C11H13FN2/c12-11-4-1-7(6-13-11)9-5-8-2-3-10(9)14-8/h1,4,6,8-10,14H,2-3,5H2/t8-,9+,10+/m0/s1/i12-1. The Bertz CT molecular complexity index is 336. The van der Waals surface area contributed by atoms with Crippen molar-refractivity contribution in [3.8, 4) is 0 Å². The van der Waals surface area contributed by atoms with Crippen molar-refractivity contribution in [1.82, 2.24) is 10.3 Å². The van der Waals surface area contributed by atoms with Gasteiger partial charge in [0.15, 0.2) is 0 Å². The number of nitrogens with zero attached hydrogens (tertiary/aromatic N) is 1. The normalized spacial score (nSPS) is 35.1. The topological polar surface area (TPSA) is 24.9 Å². The molecule has 0 saturated carbocycles. The summed E-state index contributed by atoms with van der Waals surface area (Å²) in [5.41, 5.74) is 1.19. The predicted molar refractivity (Wildman–Crippen MR) is 51.5 cm³/mol. The Kier molecular flexibility index (Phi) is 1.80. The third-order valence-corrected chi connectivity index (χ3v) is 3.48. The van der Waals surface area contributed by atoms with E-state index in [9.17, 15) is 4.39 Å². The van der Waals surface area contributed by atoms with Gasteiger partial charge < -0.3 is 5.32 Å². The summed E-state index contributed by atoms with van der Waals surface area (Å²) >= 11 is 0. The van der Waals surface area contributed by atoms with Gasteiger partial charge in [0.1, 0.15) is 0 Å². The lowest BCUT2D eigenvalue weighted by Crippen LogP contribution is -2.21. The summed E-state index contributed by atoms with van der Waals surface area (Å²) in [7, 11) is 0. The molecule has 2 aliphatic heterocycles. The monoisotopic (exact) mass is 191 g/mol. The number of hydrogen-bond acceptors (Lipinski definition) is 2. The molecule has 3 heteroatoms. The summed E-state index contributed by atoms with van der Waals surface area (Å²) < 4.78 is 12.6. The van der Waals surface area contributed by atoms with Crippen molar-refractivity contribution in [2.24, 2.45) is 0 Å². The van der Waals surface area contributed by atoms with Gasteiger partial charge in [-0.2, -0.15) is 4.39 Å². The molecular formula is C11H13FN2. The molecule has 2 bridgehead atoms. The third kappa shape index (κ3) is 1.23. The minimum absolute atomic E-state index is 0.384. The molecule has 3 heterocycles. The number of nitrogens with one attached hydrogen (secondary N) is 1. The molecule has 0 spiro atoms. The fraction of sp³-hybridized carbons (Fsp3) is 0.545. The second-order valence-electron chi connectivity index (χ2n) is 4.30. The first-order chi connectivity index (χ1) is 6.83. The number of halogens is 1. The average Bonchev–Trinajstić information content (AvgIpc) is 2.80. The van der Waals surface area contributed by atoms with Gasteiger partial charge in [0.25, 0.3) is 0 Å². The first-order valence-corrected chi connectivity index (χ1v) is 5.20. The first-order valence-electron chi connectivity index (χ1n) is 5.20. The van der Waals surface area contributed by atoms with Crippen molar-refractivity contribution in [2.45, 2.75) is 37.3 Å². The highest BCUT2D eigenvalue weighted by Crippen LogP contribution is 2.39. The molecule has 14 heavy (non-hydrogen) atoms. The van der Waals surface area contributed by atoms with Gasteiger partial charge in [0.2, 0.25) is 5.95 Å². The van der Waals surface area contributed by atoms with E-state index < -0.39 is 0 Å². The zero-order valence-electron chi connectivity index (χ0n) is 7.91. The third-order valence-electron chi connectivity index (χ3n) is 3.48. The van der Waals surface area contributed by atoms with Gasteiger partial charge in [-0.05, 0) is 30.9 Å². The van der Waals surface area contributed by atoms with Gasteiger partial charge in [-0.25, -0.2) is 4.98 Å². The molecule has 2 nitrogen and oxygen atoms in total. The number of aromatic nitrogens is 1. The maximum atomic E-state index is 12.6. The van der Waals surface area contributed by atoms with Crippen LogP contribution in [0.25, 0.3) is 0 Å². The van der Waals surface area contributed by atoms with Crippen molar-refractivity contribution >= 4 is 0 Å². The van der Waals surface area contributed by atoms with Gasteiger partial charge in [0, 0.05) is 24.2 Å². The Hall–Kier alpha value is -0.960. The molecule has 1 N–H and O–H groups in total. The zero-order chi connectivity index (χ0) is 9.54. The van der Waals surface area contributed by atoms with Crippen molar-refractivity contribution in [2.75, 3.05) is 0 Å². The van der Waals surface area contributed by atoms with E-state index in [-0.39, 0.29) is 5.95 Å². The van der Waals surface area contributed by atoms with Crippen molar-refractivity contribution in [3.63, 3.8) is 0 Å². The van der Waals surface area contributed by atoms with Gasteiger partial charge >= 0.3 is 0 Å². The van der Waals surface area contributed by atoms with Crippen LogP contribution in [0.2, 0.25) is 0 Å². The molecule has 0 aliphatic carbocycles. The van der Waals surface area contributed by atoms with Crippen molar-refractivity contribution < 1.29 is 4.39 Å². The molecule has 0 amide bonds. The average molecular weight is 191 g/mol. The molecule has 0 unspecified atom stereocenters. The largest absolute Gasteiger partial charge is 0.311 e. The van der Waals surface area contributed by atoms with Crippen LogP contribution in [0.5, 0.6) is 0 Å². The molecule has 74 valence electrons. The lowest BCUT2D eigenvalue weighted by atomic mass is 9.85. The Morgan fingerprint density at radius 3 is 2.86 bits per heavy atom. The van der Waals surface area contributed by atoms with E-state index in [0.717, 1.165) is 0 Å². The molecule has 2 saturated heterocycles. The Balaban J connectivity index is 1.86. The molecule has 2 aliphatic rings. The fourth-order valence-electron chi connectivity index (χ4n) is 2.80. The number of hydrogen-bond donors (Lipinski definition) is 1. The van der Waals surface area contributed by atoms with E-state index in [0.29, 0.717) is 18.0 Å². The zero-order valence-corrected chi connectivity index (χ0v) is 7.91. The van der Waals surface area contributed by atoms with Crippen LogP contribution in [0.15, 0.2) is 18.3 Å². The Morgan fingerprint density at radius 2 is 2.29 bits per heavy atom. The maximum Gasteiger partial charge on any atom is 0.212 e. The van der Waals surface area contributed by atoms with Crippen molar-refractivity contribution in [1.29, 1.82) is 0 Å². The second-order valence-corrected chi connectivity index (χ2v) is 4.30. The molecule has 0 radical (unpaired) electrons. The summed E-state index contributed by atoms with van der Waals surface area (Å²) in [4.78, 5) is 3.71. The predicted octanol–water partition coefficient (Wildman–Crippen LogP) is 1.83. The molecule has 3 atom stereocenters. The molecule has 2 fully saturated rings. The first kappa shape index (κ1) is 8.36.